The zero-order valence-corrected chi connectivity index (χ0v) is 19.7. The second kappa shape index (κ2) is 9.30. The van der Waals surface area contributed by atoms with Crippen LogP contribution in [-0.4, -0.2) is 47.8 Å². The van der Waals surface area contributed by atoms with Gasteiger partial charge in [0.25, 0.3) is 5.91 Å². The van der Waals surface area contributed by atoms with Crippen molar-refractivity contribution < 1.29 is 28.2 Å². The van der Waals surface area contributed by atoms with Crippen LogP contribution in [0.25, 0.3) is 0 Å². The molecule has 2 heterocycles. The molecule has 32 heavy (non-hydrogen) atoms. The maximum absolute atomic E-state index is 15.4. The van der Waals surface area contributed by atoms with E-state index in [0.717, 1.165) is 28.0 Å². The third-order valence-corrected chi connectivity index (χ3v) is 6.70. The standard InChI is InChI=1S/C23H23F2IN2O4/c1-13-10-14(26)5-6-18(13)28-12-32-23(31)17-11-16(19(24)20(25)21(17)28)22(30)27-8-3-2-4-15(27)7-9-29/h5-6,10-11,15,29H,2-4,7-9,12H2,1H3. The Hall–Kier alpha value is -2.27. The van der Waals surface area contributed by atoms with E-state index in [0.29, 0.717) is 25.1 Å². The molecule has 1 unspecified atom stereocenters. The van der Waals surface area contributed by atoms with Gasteiger partial charge >= 0.3 is 5.97 Å². The third kappa shape index (κ3) is 4.07. The molecule has 6 nitrogen and oxygen atoms in total. The van der Waals surface area contributed by atoms with Gasteiger partial charge in [-0.1, -0.05) is 0 Å². The zero-order chi connectivity index (χ0) is 23.0. The number of aliphatic hydroxyl groups is 1. The van der Waals surface area contributed by atoms with Crippen LogP contribution in [0.3, 0.4) is 0 Å². The number of ether oxygens (including phenoxy) is 1. The zero-order valence-electron chi connectivity index (χ0n) is 17.5. The van der Waals surface area contributed by atoms with E-state index in [4.69, 9.17) is 4.74 Å². The second-order valence-corrected chi connectivity index (χ2v) is 9.27. The molecule has 1 amide bonds. The molecule has 0 aromatic heterocycles. The van der Waals surface area contributed by atoms with Crippen LogP contribution in [0.15, 0.2) is 24.3 Å². The number of piperidine rings is 1. The Kier molecular flexibility index (Phi) is 6.66. The predicted molar refractivity (Wildman–Crippen MR) is 123 cm³/mol. The number of aryl methyl sites for hydroxylation is 1. The summed E-state index contributed by atoms with van der Waals surface area (Å²) in [5.41, 5.74) is 0.470. The van der Waals surface area contributed by atoms with Crippen molar-refractivity contribution in [3.63, 3.8) is 0 Å². The van der Waals surface area contributed by atoms with E-state index < -0.39 is 29.1 Å². The minimum Gasteiger partial charge on any atom is -0.440 e. The number of carbonyl (C=O) groups is 2. The normalized spacial score (nSPS) is 18.4. The lowest BCUT2D eigenvalue weighted by atomic mass is 9.97. The van der Waals surface area contributed by atoms with E-state index in [-0.39, 0.29) is 30.6 Å². The van der Waals surface area contributed by atoms with Gasteiger partial charge in [-0.15, -0.1) is 0 Å². The smallest absolute Gasteiger partial charge is 0.342 e. The Morgan fingerprint density at radius 1 is 1.25 bits per heavy atom. The summed E-state index contributed by atoms with van der Waals surface area (Å²) < 4.78 is 36.8. The number of aliphatic hydroxyl groups excluding tert-OH is 1. The Labute approximate surface area is 198 Å². The van der Waals surface area contributed by atoms with Crippen molar-refractivity contribution in [2.45, 2.75) is 38.6 Å². The molecule has 2 aliphatic rings. The molecule has 1 atom stereocenters. The topological polar surface area (TPSA) is 70.1 Å². The monoisotopic (exact) mass is 556 g/mol. The van der Waals surface area contributed by atoms with Crippen LogP contribution in [0.4, 0.5) is 20.2 Å². The van der Waals surface area contributed by atoms with Gasteiger partial charge in [-0.2, -0.15) is 0 Å². The fraction of sp³-hybridized carbons (Fsp3) is 0.391. The van der Waals surface area contributed by atoms with E-state index >= 15 is 8.78 Å². The maximum Gasteiger partial charge on any atom is 0.342 e. The fourth-order valence-electron chi connectivity index (χ4n) is 4.44. The number of rotatable bonds is 4. The summed E-state index contributed by atoms with van der Waals surface area (Å²) in [4.78, 5) is 28.5. The molecular weight excluding hydrogens is 533 g/mol. The number of carbonyl (C=O) groups excluding carboxylic acids is 2. The number of nitrogens with zero attached hydrogens (tertiary/aromatic N) is 2. The van der Waals surface area contributed by atoms with E-state index in [1.165, 1.54) is 9.80 Å². The van der Waals surface area contributed by atoms with E-state index in [2.05, 4.69) is 22.6 Å². The van der Waals surface area contributed by atoms with Crippen molar-refractivity contribution in [1.29, 1.82) is 0 Å². The molecule has 2 aliphatic heterocycles. The van der Waals surface area contributed by atoms with Gasteiger partial charge in [0.2, 0.25) is 0 Å². The molecule has 1 saturated heterocycles. The highest BCUT2D eigenvalue weighted by atomic mass is 127. The van der Waals surface area contributed by atoms with E-state index in [9.17, 15) is 14.7 Å². The number of hydrogen-bond acceptors (Lipinski definition) is 5. The average molecular weight is 556 g/mol. The quantitative estimate of drug-likeness (QED) is 0.443. The van der Waals surface area contributed by atoms with Gasteiger partial charge in [0, 0.05) is 28.5 Å². The molecule has 2 aromatic carbocycles. The first kappa shape index (κ1) is 22.9. The molecule has 0 radical (unpaired) electrons. The summed E-state index contributed by atoms with van der Waals surface area (Å²) in [7, 11) is 0. The summed E-state index contributed by atoms with van der Waals surface area (Å²) in [6, 6.07) is 6.30. The van der Waals surface area contributed by atoms with Crippen LogP contribution in [0.5, 0.6) is 0 Å². The van der Waals surface area contributed by atoms with Crippen molar-refractivity contribution in [1.82, 2.24) is 4.90 Å². The minimum absolute atomic E-state index is 0.105. The molecule has 9 heteroatoms. The highest BCUT2D eigenvalue weighted by Gasteiger charge is 2.36. The summed E-state index contributed by atoms with van der Waals surface area (Å²) in [6.07, 6.45) is 2.68. The molecule has 0 saturated carbocycles. The molecule has 0 aliphatic carbocycles. The van der Waals surface area contributed by atoms with Gasteiger partial charge in [0.15, 0.2) is 18.4 Å². The fourth-order valence-corrected chi connectivity index (χ4v) is 5.09. The number of halogens is 3. The van der Waals surface area contributed by atoms with Crippen LogP contribution in [0.1, 0.15) is 52.0 Å². The molecule has 4 rings (SSSR count). The average Bonchev–Trinajstić information content (AvgIpc) is 2.77. The molecular formula is C23H23F2IN2O4. The van der Waals surface area contributed by atoms with Crippen LogP contribution in [0, 0.1) is 22.1 Å². The SMILES string of the molecule is Cc1cc(I)ccc1N1COC(=O)c2cc(C(=O)N3CCCCC3CCO)c(F)c(F)c21. The molecule has 170 valence electrons. The van der Waals surface area contributed by atoms with Crippen molar-refractivity contribution in [3.8, 4) is 0 Å². The molecule has 0 bridgehead atoms. The molecule has 2 aromatic rings. The first-order valence-electron chi connectivity index (χ1n) is 10.5. The summed E-state index contributed by atoms with van der Waals surface area (Å²) in [6.45, 7) is 1.85. The minimum atomic E-state index is -1.29. The number of anilines is 2. The molecule has 1 fully saturated rings. The highest BCUT2D eigenvalue weighted by molar-refractivity contribution is 14.1. The second-order valence-electron chi connectivity index (χ2n) is 8.03. The number of benzene rings is 2. The van der Waals surface area contributed by atoms with Crippen LogP contribution in [-0.2, 0) is 4.74 Å². The lowest BCUT2D eigenvalue weighted by Gasteiger charge is -2.36. The number of likely N-dealkylation sites (tertiary alicyclic amines) is 1. The number of amides is 1. The Morgan fingerprint density at radius 2 is 2.03 bits per heavy atom. The van der Waals surface area contributed by atoms with E-state index in [1.54, 1.807) is 6.07 Å². The number of esters is 1. The van der Waals surface area contributed by atoms with Crippen LogP contribution >= 0.6 is 22.6 Å². The van der Waals surface area contributed by atoms with Crippen LogP contribution in [0.2, 0.25) is 0 Å². The summed E-state index contributed by atoms with van der Waals surface area (Å²) >= 11 is 2.15. The first-order chi connectivity index (χ1) is 15.3. The third-order valence-electron chi connectivity index (χ3n) is 6.03. The van der Waals surface area contributed by atoms with Gasteiger partial charge in [0.1, 0.15) is 0 Å². The lowest BCUT2D eigenvalue weighted by Crippen LogP contribution is -2.44. The van der Waals surface area contributed by atoms with Gasteiger partial charge in [-0.3, -0.25) is 4.79 Å². The number of fused-ring (bicyclic) bond motifs is 1. The molecule has 0 spiro atoms. The largest absolute Gasteiger partial charge is 0.440 e. The lowest BCUT2D eigenvalue weighted by molar-refractivity contribution is 0.0491. The van der Waals surface area contributed by atoms with Gasteiger partial charge < -0.3 is 19.6 Å². The van der Waals surface area contributed by atoms with Gasteiger partial charge in [0.05, 0.1) is 16.8 Å². The Balaban J connectivity index is 1.79. The summed E-state index contributed by atoms with van der Waals surface area (Å²) in [5, 5.41) is 9.32. The maximum atomic E-state index is 15.4. The van der Waals surface area contributed by atoms with Gasteiger partial charge in [-0.05, 0) is 85.0 Å². The van der Waals surface area contributed by atoms with Crippen molar-refractivity contribution in [2.75, 3.05) is 24.8 Å². The molecule has 1 N–H and O–H groups in total. The predicted octanol–water partition coefficient (Wildman–Crippen LogP) is 4.52. The van der Waals surface area contributed by atoms with Gasteiger partial charge in [-0.25, -0.2) is 13.6 Å². The Morgan fingerprint density at radius 3 is 2.75 bits per heavy atom. The van der Waals surface area contributed by atoms with E-state index in [1.807, 2.05) is 19.1 Å². The number of cyclic esters (lactones) is 1. The first-order valence-corrected chi connectivity index (χ1v) is 11.6. The van der Waals surface area contributed by atoms with Crippen molar-refractivity contribution in [2.24, 2.45) is 0 Å². The highest BCUT2D eigenvalue weighted by Crippen LogP contribution is 2.39. The summed E-state index contributed by atoms with van der Waals surface area (Å²) in [5.74, 6) is -4.03. The Bertz CT molecular complexity index is 1080. The number of hydrogen-bond donors (Lipinski definition) is 1. The van der Waals surface area contributed by atoms with Crippen molar-refractivity contribution >= 4 is 45.8 Å². The van der Waals surface area contributed by atoms with Crippen LogP contribution < -0.4 is 4.90 Å². The van der Waals surface area contributed by atoms with Crippen molar-refractivity contribution in [3.05, 3.63) is 56.2 Å².